The number of hydrogen-bond acceptors (Lipinski definition) is 11. The maximum Gasteiger partial charge on any atom is 0.334 e. The van der Waals surface area contributed by atoms with E-state index >= 15 is 0 Å². The van der Waals surface area contributed by atoms with Crippen LogP contribution in [0.2, 0.25) is 0 Å². The van der Waals surface area contributed by atoms with Crippen molar-refractivity contribution in [2.24, 2.45) is 5.92 Å². The van der Waals surface area contributed by atoms with Crippen molar-refractivity contribution < 1.29 is 52.8 Å². The van der Waals surface area contributed by atoms with Gasteiger partial charge in [0.05, 0.1) is 18.8 Å². The number of hydrogen-bond donors (Lipinski definition) is 1. The molecular weight excluding hydrogens is 624 g/mol. The number of nitrogens with one attached hydrogen (secondary N) is 1. The number of ketones is 1. The van der Waals surface area contributed by atoms with E-state index in [1.165, 1.54) is 23.2 Å². The first kappa shape index (κ1) is 34.0. The number of amides is 6. The van der Waals surface area contributed by atoms with Crippen LogP contribution in [0.5, 0.6) is 0 Å². The Bertz CT molecular complexity index is 1070. The maximum absolute atomic E-state index is 13.6. The molecule has 16 heteroatoms. The van der Waals surface area contributed by atoms with Crippen LogP contribution < -0.4 is 5.32 Å². The Labute approximate surface area is 249 Å². The Morgan fingerprint density at radius 1 is 0.833 bits per heavy atom. The zero-order chi connectivity index (χ0) is 31.2. The predicted octanol–water partition coefficient (Wildman–Crippen LogP) is 0.376. The van der Waals surface area contributed by atoms with Gasteiger partial charge < -0.3 is 19.9 Å². The zero-order valence-electron chi connectivity index (χ0n) is 22.9. The molecule has 2 fully saturated rings. The van der Waals surface area contributed by atoms with Crippen LogP contribution in [0.4, 0.5) is 0 Å². The Balaban J connectivity index is 2.16. The van der Waals surface area contributed by atoms with E-state index in [1.807, 2.05) is 0 Å². The van der Waals surface area contributed by atoms with Gasteiger partial charge in [0, 0.05) is 51.7 Å². The first-order valence-corrected chi connectivity index (χ1v) is 14.0. The minimum atomic E-state index is -0.997. The van der Waals surface area contributed by atoms with Crippen LogP contribution in [-0.4, -0.2) is 87.8 Å². The highest BCUT2D eigenvalue weighted by molar-refractivity contribution is 9.11. The van der Waals surface area contributed by atoms with Gasteiger partial charge in [-0.1, -0.05) is 22.0 Å². The smallest absolute Gasteiger partial charge is 0.334 e. The highest BCUT2D eigenvalue weighted by atomic mass is 79.9. The van der Waals surface area contributed by atoms with Gasteiger partial charge >= 0.3 is 11.9 Å². The largest absolute Gasteiger partial charge is 0.352 e. The van der Waals surface area contributed by atoms with Crippen LogP contribution in [0.3, 0.4) is 0 Å². The summed E-state index contributed by atoms with van der Waals surface area (Å²) in [6, 6.07) is 0. The van der Waals surface area contributed by atoms with Gasteiger partial charge in [-0.15, -0.1) is 10.1 Å². The monoisotopic (exact) mass is 654 g/mol. The molecule has 0 aliphatic carbocycles. The van der Waals surface area contributed by atoms with Crippen LogP contribution in [0, 0.1) is 5.92 Å². The van der Waals surface area contributed by atoms with Gasteiger partial charge in [-0.3, -0.25) is 33.6 Å². The van der Waals surface area contributed by atoms with Gasteiger partial charge in [0.2, 0.25) is 11.8 Å². The van der Waals surface area contributed by atoms with E-state index in [0.717, 1.165) is 4.90 Å². The summed E-state index contributed by atoms with van der Waals surface area (Å²) in [6.07, 6.45) is 2.54. The van der Waals surface area contributed by atoms with Gasteiger partial charge in [0.1, 0.15) is 0 Å². The van der Waals surface area contributed by atoms with Gasteiger partial charge in [-0.05, 0) is 30.5 Å². The summed E-state index contributed by atoms with van der Waals surface area (Å²) in [6.45, 7) is 0.779. The van der Waals surface area contributed by atoms with Gasteiger partial charge in [0.15, 0.2) is 5.78 Å². The number of rotatable bonds is 16. The van der Waals surface area contributed by atoms with Crippen LogP contribution in [0.1, 0.15) is 58.3 Å². The Morgan fingerprint density at radius 2 is 1.31 bits per heavy atom. The molecule has 1 unspecified atom stereocenters. The van der Waals surface area contributed by atoms with Crippen molar-refractivity contribution in [3.05, 3.63) is 23.2 Å². The minimum absolute atomic E-state index is 0.00405. The molecule has 0 radical (unpaired) electrons. The molecule has 0 aromatic carbocycles. The fourth-order valence-electron chi connectivity index (χ4n) is 3.87. The number of imide groups is 2. The van der Waals surface area contributed by atoms with Crippen molar-refractivity contribution in [3.8, 4) is 0 Å². The average Bonchev–Trinajstić information content (AvgIpc) is 3.43. The molecule has 15 nitrogen and oxygen atoms in total. The molecule has 0 saturated carbocycles. The lowest BCUT2D eigenvalue weighted by atomic mass is 9.99. The Morgan fingerprint density at radius 3 is 1.74 bits per heavy atom. The second-order valence-electron chi connectivity index (χ2n) is 9.16. The molecule has 228 valence electrons. The quantitative estimate of drug-likeness (QED) is 0.178. The lowest BCUT2D eigenvalue weighted by Crippen LogP contribution is -2.44. The van der Waals surface area contributed by atoms with Crippen molar-refractivity contribution in [2.45, 2.75) is 58.3 Å². The Hall–Kier alpha value is -4.21. The molecule has 6 amide bonds. The topological polar surface area (TPSA) is 194 Å². The Kier molecular flexibility index (Phi) is 13.7. The lowest BCUT2D eigenvalue weighted by Gasteiger charge is -2.27. The number of allylic oxidation sites excluding steroid dienone is 2. The second-order valence-corrected chi connectivity index (χ2v) is 9.68. The van der Waals surface area contributed by atoms with E-state index in [9.17, 15) is 43.2 Å². The summed E-state index contributed by atoms with van der Waals surface area (Å²) >= 11 is 3.00. The van der Waals surface area contributed by atoms with Crippen LogP contribution in [0.25, 0.3) is 0 Å². The zero-order valence-corrected chi connectivity index (χ0v) is 24.5. The molecule has 2 rings (SSSR count). The lowest BCUT2D eigenvalue weighted by molar-refractivity contribution is -0.198. The van der Waals surface area contributed by atoms with Gasteiger partial charge in [-0.25, -0.2) is 9.59 Å². The standard InChI is InChI=1S/C26H31BrN4O11/c1-2-3-19(33)28-16-17(4-5-18(32)10-13-27)26(40)29(14-11-24(38)41-30-20(34)6-7-21(30)35)15-12-25(39)42-31-22(36)8-9-23(31)37/h2-3,10,13,17H,4-9,11-12,14-16H2,1H3,(H,28,33)/b3-2+,13-10+. The molecule has 2 aliphatic heterocycles. The second kappa shape index (κ2) is 16.9. The number of hydroxylamine groups is 4. The van der Waals surface area contributed by atoms with E-state index in [0.29, 0.717) is 10.1 Å². The molecule has 0 bridgehead atoms. The van der Waals surface area contributed by atoms with E-state index in [1.54, 1.807) is 6.92 Å². The summed E-state index contributed by atoms with van der Waals surface area (Å²) in [5, 5.41) is 3.28. The maximum atomic E-state index is 13.6. The number of nitrogens with zero attached hydrogens (tertiary/aromatic N) is 3. The van der Waals surface area contributed by atoms with E-state index in [4.69, 9.17) is 9.68 Å². The van der Waals surface area contributed by atoms with Crippen molar-refractivity contribution in [2.75, 3.05) is 19.6 Å². The van der Waals surface area contributed by atoms with Crippen molar-refractivity contribution in [3.63, 3.8) is 0 Å². The van der Waals surface area contributed by atoms with Gasteiger partial charge in [-0.2, -0.15) is 0 Å². The molecular formula is C26H31BrN4O11. The summed E-state index contributed by atoms with van der Waals surface area (Å²) in [5.41, 5.74) is 0. The third-order valence-corrected chi connectivity index (χ3v) is 6.32. The molecule has 0 aromatic rings. The fraction of sp³-hybridized carbons (Fsp3) is 0.500. The average molecular weight is 655 g/mol. The first-order valence-electron chi connectivity index (χ1n) is 13.1. The third-order valence-electron chi connectivity index (χ3n) is 6.06. The van der Waals surface area contributed by atoms with Crippen LogP contribution in [0.15, 0.2) is 23.2 Å². The summed E-state index contributed by atoms with van der Waals surface area (Å²) in [4.78, 5) is 122. The highest BCUT2D eigenvalue weighted by Crippen LogP contribution is 2.16. The summed E-state index contributed by atoms with van der Waals surface area (Å²) in [5.74, 6) is -7.11. The van der Waals surface area contributed by atoms with Crippen LogP contribution >= 0.6 is 15.9 Å². The molecule has 1 N–H and O–H groups in total. The molecule has 2 heterocycles. The SMILES string of the molecule is C/C=C/C(=O)NCC(CCC(=O)/C=C/Br)C(=O)N(CCC(=O)ON1C(=O)CCC1=O)CCC(=O)ON1C(=O)CCC1=O. The molecule has 0 spiro atoms. The van der Waals surface area contributed by atoms with E-state index in [-0.39, 0.29) is 63.9 Å². The molecule has 42 heavy (non-hydrogen) atoms. The summed E-state index contributed by atoms with van der Waals surface area (Å²) in [7, 11) is 0. The third kappa shape index (κ3) is 10.6. The fourth-order valence-corrected chi connectivity index (χ4v) is 4.17. The van der Waals surface area contributed by atoms with Crippen molar-refractivity contribution in [1.29, 1.82) is 0 Å². The molecule has 0 aromatic heterocycles. The highest BCUT2D eigenvalue weighted by Gasteiger charge is 2.35. The molecule has 2 saturated heterocycles. The minimum Gasteiger partial charge on any atom is -0.352 e. The number of carbonyl (C=O) groups is 9. The van der Waals surface area contributed by atoms with E-state index in [2.05, 4.69) is 21.2 Å². The molecule has 1 atom stereocenters. The van der Waals surface area contributed by atoms with Crippen LogP contribution in [-0.2, 0) is 52.8 Å². The van der Waals surface area contributed by atoms with Crippen molar-refractivity contribution in [1.82, 2.24) is 20.3 Å². The predicted molar refractivity (Wildman–Crippen MR) is 144 cm³/mol. The first-order chi connectivity index (χ1) is 20.0. The normalized spacial score (nSPS) is 16.0. The number of carbonyl (C=O) groups excluding carboxylic acids is 9. The van der Waals surface area contributed by atoms with Gasteiger partial charge in [0.25, 0.3) is 23.6 Å². The molecule has 2 aliphatic rings. The summed E-state index contributed by atoms with van der Waals surface area (Å²) < 4.78 is 0. The van der Waals surface area contributed by atoms with Crippen molar-refractivity contribution >= 4 is 69.1 Å². The van der Waals surface area contributed by atoms with E-state index < -0.39 is 66.1 Å². The number of halogens is 1.